The van der Waals surface area contributed by atoms with Gasteiger partial charge in [-0.3, -0.25) is 19.7 Å². The predicted molar refractivity (Wildman–Crippen MR) is 115 cm³/mol. The Bertz CT molecular complexity index is 973. The van der Waals surface area contributed by atoms with E-state index in [2.05, 4.69) is 5.32 Å². The molecule has 9 heteroatoms. The zero-order chi connectivity index (χ0) is 21.8. The van der Waals surface area contributed by atoms with Crippen LogP contribution in [0.3, 0.4) is 0 Å². The number of benzene rings is 2. The first-order chi connectivity index (χ1) is 14.3. The Morgan fingerprint density at radius 3 is 2.43 bits per heavy atom. The molecule has 0 aliphatic carbocycles. The summed E-state index contributed by atoms with van der Waals surface area (Å²) in [6.07, 6.45) is 0. The van der Waals surface area contributed by atoms with Crippen molar-refractivity contribution in [3.63, 3.8) is 0 Å². The Balaban J connectivity index is 1.77. The molecule has 3 rings (SSSR count). The molecule has 1 aliphatic heterocycles. The third-order valence-electron chi connectivity index (χ3n) is 5.20. The zero-order valence-electron chi connectivity index (χ0n) is 16.8. The maximum atomic E-state index is 12.7. The van der Waals surface area contributed by atoms with Crippen molar-refractivity contribution >= 4 is 34.8 Å². The molecule has 1 fully saturated rings. The van der Waals surface area contributed by atoms with Crippen molar-refractivity contribution in [2.75, 3.05) is 31.1 Å². The maximum Gasteiger partial charge on any atom is 0.293 e. The van der Waals surface area contributed by atoms with Crippen LogP contribution in [0.25, 0.3) is 0 Å². The van der Waals surface area contributed by atoms with Crippen LogP contribution in [0.1, 0.15) is 35.8 Å². The molecule has 1 N–H and O–H groups in total. The number of hydrogen-bond donors (Lipinski definition) is 1. The molecule has 1 aliphatic rings. The minimum atomic E-state index is -0.482. The number of carbonyl (C=O) groups is 2. The van der Waals surface area contributed by atoms with Crippen molar-refractivity contribution in [2.45, 2.75) is 19.9 Å². The lowest BCUT2D eigenvalue weighted by atomic mass is 10.1. The summed E-state index contributed by atoms with van der Waals surface area (Å²) in [5.41, 5.74) is 1.36. The first-order valence-corrected chi connectivity index (χ1v) is 9.99. The van der Waals surface area contributed by atoms with E-state index in [0.29, 0.717) is 36.9 Å². The normalized spacial score (nSPS) is 14.9. The average molecular weight is 431 g/mol. The van der Waals surface area contributed by atoms with Gasteiger partial charge in [0.15, 0.2) is 0 Å². The lowest BCUT2D eigenvalue weighted by Crippen LogP contribution is -2.48. The first kappa shape index (κ1) is 21.6. The van der Waals surface area contributed by atoms with E-state index in [1.54, 1.807) is 35.2 Å². The molecule has 30 heavy (non-hydrogen) atoms. The van der Waals surface area contributed by atoms with E-state index < -0.39 is 10.8 Å². The summed E-state index contributed by atoms with van der Waals surface area (Å²) >= 11 is 6.00. The zero-order valence-corrected chi connectivity index (χ0v) is 17.6. The molecule has 8 nitrogen and oxygen atoms in total. The number of anilines is 1. The molecule has 0 unspecified atom stereocenters. The number of amides is 2. The highest BCUT2D eigenvalue weighted by atomic mass is 35.5. The summed E-state index contributed by atoms with van der Waals surface area (Å²) in [6, 6.07) is 11.3. The summed E-state index contributed by atoms with van der Waals surface area (Å²) in [7, 11) is 0. The van der Waals surface area contributed by atoms with E-state index in [1.807, 2.05) is 17.9 Å². The van der Waals surface area contributed by atoms with Gasteiger partial charge < -0.3 is 15.1 Å². The van der Waals surface area contributed by atoms with Crippen LogP contribution in [0.5, 0.6) is 0 Å². The maximum absolute atomic E-state index is 12.7. The number of rotatable bonds is 5. The van der Waals surface area contributed by atoms with E-state index in [4.69, 9.17) is 11.6 Å². The first-order valence-electron chi connectivity index (χ1n) is 9.61. The van der Waals surface area contributed by atoms with Gasteiger partial charge in [0, 0.05) is 49.8 Å². The number of halogens is 1. The molecule has 0 spiro atoms. The van der Waals surface area contributed by atoms with Crippen molar-refractivity contribution in [1.29, 1.82) is 0 Å². The second kappa shape index (κ2) is 9.13. The lowest BCUT2D eigenvalue weighted by molar-refractivity contribution is -0.384. The van der Waals surface area contributed by atoms with Gasteiger partial charge in [-0.15, -0.1) is 0 Å². The Kier molecular flexibility index (Phi) is 6.56. The fourth-order valence-corrected chi connectivity index (χ4v) is 3.68. The van der Waals surface area contributed by atoms with Gasteiger partial charge in [0.2, 0.25) is 5.91 Å². The van der Waals surface area contributed by atoms with Gasteiger partial charge in [0.25, 0.3) is 11.6 Å². The van der Waals surface area contributed by atoms with Gasteiger partial charge in [-0.05, 0) is 36.8 Å². The molecule has 0 saturated carbocycles. The second-order valence-corrected chi connectivity index (χ2v) is 7.64. The molecular weight excluding hydrogens is 408 g/mol. The highest BCUT2D eigenvalue weighted by Gasteiger charge is 2.26. The van der Waals surface area contributed by atoms with E-state index in [0.717, 1.165) is 5.56 Å². The van der Waals surface area contributed by atoms with E-state index in [1.165, 1.54) is 13.0 Å². The fraction of sp³-hybridized carbons (Fsp3) is 0.333. The number of nitro groups is 1. The minimum Gasteiger partial charge on any atom is -0.362 e. The van der Waals surface area contributed by atoms with Gasteiger partial charge in [-0.2, -0.15) is 0 Å². The van der Waals surface area contributed by atoms with Gasteiger partial charge in [-0.25, -0.2) is 0 Å². The molecule has 1 atom stereocenters. The van der Waals surface area contributed by atoms with Crippen LogP contribution < -0.4 is 10.2 Å². The van der Waals surface area contributed by atoms with Crippen LogP contribution in [-0.4, -0.2) is 47.8 Å². The predicted octanol–water partition coefficient (Wildman–Crippen LogP) is 3.41. The Morgan fingerprint density at radius 1 is 1.13 bits per heavy atom. The SMILES string of the molecule is CC(=O)N1CCN(c2ccc(C(=O)N[C@H](C)c3cccc(Cl)c3)cc2[N+](=O)[O-])CC1. The Hall–Kier alpha value is -3.13. The van der Waals surface area contributed by atoms with Crippen molar-refractivity contribution in [1.82, 2.24) is 10.2 Å². The van der Waals surface area contributed by atoms with Crippen LogP contribution in [0, 0.1) is 10.1 Å². The summed E-state index contributed by atoms with van der Waals surface area (Å²) in [5.74, 6) is -0.413. The lowest BCUT2D eigenvalue weighted by Gasteiger charge is -2.35. The van der Waals surface area contributed by atoms with Gasteiger partial charge >= 0.3 is 0 Å². The summed E-state index contributed by atoms with van der Waals surface area (Å²) in [4.78, 5) is 38.9. The Morgan fingerprint density at radius 2 is 1.83 bits per heavy atom. The van der Waals surface area contributed by atoms with Crippen LogP contribution in [0.2, 0.25) is 5.02 Å². The summed E-state index contributed by atoms with van der Waals surface area (Å²) in [6.45, 7) is 5.34. The molecule has 158 valence electrons. The molecular formula is C21H23ClN4O4. The number of nitrogens with zero attached hydrogens (tertiary/aromatic N) is 3. The van der Waals surface area contributed by atoms with E-state index in [9.17, 15) is 19.7 Å². The number of hydrogen-bond acceptors (Lipinski definition) is 5. The van der Waals surface area contributed by atoms with Crippen molar-refractivity contribution in [3.8, 4) is 0 Å². The standard InChI is InChI=1S/C21H23ClN4O4/c1-14(16-4-3-5-18(22)12-16)23-21(28)17-6-7-19(20(13-17)26(29)30)25-10-8-24(9-11-25)15(2)27/h3-7,12-14H,8-11H2,1-2H3,(H,23,28)/t14-/m1/s1. The molecule has 1 heterocycles. The molecule has 0 aromatic heterocycles. The third-order valence-corrected chi connectivity index (χ3v) is 5.43. The summed E-state index contributed by atoms with van der Waals surface area (Å²) < 4.78 is 0. The molecule has 1 saturated heterocycles. The van der Waals surface area contributed by atoms with Crippen LogP contribution >= 0.6 is 11.6 Å². The van der Waals surface area contributed by atoms with E-state index in [-0.39, 0.29) is 23.2 Å². The van der Waals surface area contributed by atoms with Gasteiger partial charge in [0.05, 0.1) is 11.0 Å². The molecule has 2 aromatic carbocycles. The van der Waals surface area contributed by atoms with Crippen molar-refractivity contribution in [3.05, 3.63) is 68.7 Å². The fourth-order valence-electron chi connectivity index (χ4n) is 3.48. The average Bonchev–Trinajstić information content (AvgIpc) is 2.73. The van der Waals surface area contributed by atoms with E-state index >= 15 is 0 Å². The minimum absolute atomic E-state index is 0.00927. The van der Waals surface area contributed by atoms with Gasteiger partial charge in [-0.1, -0.05) is 23.7 Å². The molecule has 2 aromatic rings. The quantitative estimate of drug-likeness (QED) is 0.579. The van der Waals surface area contributed by atoms with Crippen LogP contribution in [0.15, 0.2) is 42.5 Å². The smallest absolute Gasteiger partial charge is 0.293 e. The van der Waals surface area contributed by atoms with Crippen LogP contribution in [0.4, 0.5) is 11.4 Å². The topological polar surface area (TPSA) is 95.8 Å². The second-order valence-electron chi connectivity index (χ2n) is 7.20. The third kappa shape index (κ3) is 4.88. The number of nitrogens with one attached hydrogen (secondary N) is 1. The number of piperazine rings is 1. The van der Waals surface area contributed by atoms with Crippen molar-refractivity contribution in [2.24, 2.45) is 0 Å². The van der Waals surface area contributed by atoms with Gasteiger partial charge in [0.1, 0.15) is 5.69 Å². The number of nitro benzene ring substituents is 1. The largest absolute Gasteiger partial charge is 0.362 e. The monoisotopic (exact) mass is 430 g/mol. The number of carbonyl (C=O) groups excluding carboxylic acids is 2. The molecule has 2 amide bonds. The Labute approximate surface area is 179 Å². The van der Waals surface area contributed by atoms with Crippen molar-refractivity contribution < 1.29 is 14.5 Å². The summed E-state index contributed by atoms with van der Waals surface area (Å²) in [5, 5.41) is 15.1. The highest BCUT2D eigenvalue weighted by molar-refractivity contribution is 6.30. The highest BCUT2D eigenvalue weighted by Crippen LogP contribution is 2.30. The molecule has 0 radical (unpaired) electrons. The molecule has 0 bridgehead atoms. The van der Waals surface area contributed by atoms with Crippen LogP contribution in [-0.2, 0) is 4.79 Å².